The van der Waals surface area contributed by atoms with Crippen molar-refractivity contribution in [1.82, 2.24) is 14.9 Å². The number of aliphatic carboxylic acids is 1. The van der Waals surface area contributed by atoms with E-state index in [0.29, 0.717) is 37.0 Å². The molecule has 132 valence electrons. The molecule has 1 aromatic heterocycles. The molecule has 2 N–H and O–H groups in total. The van der Waals surface area contributed by atoms with E-state index >= 15 is 0 Å². The van der Waals surface area contributed by atoms with E-state index < -0.39 is 17.4 Å². The second-order valence-electron chi connectivity index (χ2n) is 6.21. The molecule has 0 bridgehead atoms. The number of nitrogens with zero attached hydrogens (tertiary/aromatic N) is 2. The Morgan fingerprint density at radius 1 is 1.28 bits per heavy atom. The van der Waals surface area contributed by atoms with E-state index in [2.05, 4.69) is 10.3 Å². The molecule has 3 rings (SSSR count). The Kier molecular flexibility index (Phi) is 4.80. The van der Waals surface area contributed by atoms with Crippen LogP contribution in [0.25, 0.3) is 10.9 Å². The summed E-state index contributed by atoms with van der Waals surface area (Å²) in [5, 5.41) is 12.4. The lowest BCUT2D eigenvalue weighted by Gasteiger charge is -2.36. The predicted molar refractivity (Wildman–Crippen MR) is 89.2 cm³/mol. The summed E-state index contributed by atoms with van der Waals surface area (Å²) in [6, 6.07) is 6.90. The van der Waals surface area contributed by atoms with E-state index in [1.807, 2.05) is 0 Å². The lowest BCUT2D eigenvalue weighted by atomic mass is 9.86. The standard InChI is InChI=1S/C17H19N3O5/c21-14(19-17(9-15(22)23)5-7-25-8-6-17)10-20-11-18-13-4-2-1-3-12(13)16(20)24/h1-4,11H,5-10H2,(H,19,21)(H,22,23). The first-order valence-electron chi connectivity index (χ1n) is 8.04. The fourth-order valence-electron chi connectivity index (χ4n) is 3.11. The molecule has 1 fully saturated rings. The van der Waals surface area contributed by atoms with Crippen LogP contribution in [0.3, 0.4) is 0 Å². The van der Waals surface area contributed by atoms with Gasteiger partial charge < -0.3 is 15.2 Å². The number of carboxylic acid groups (broad SMARTS) is 1. The van der Waals surface area contributed by atoms with Gasteiger partial charge in [0.25, 0.3) is 5.56 Å². The Morgan fingerprint density at radius 3 is 2.72 bits per heavy atom. The Hall–Kier alpha value is -2.74. The summed E-state index contributed by atoms with van der Waals surface area (Å²) in [5.41, 5.74) is -0.578. The van der Waals surface area contributed by atoms with Gasteiger partial charge in [-0.25, -0.2) is 4.98 Å². The number of carboxylic acids is 1. The number of rotatable bonds is 5. The molecule has 2 heterocycles. The van der Waals surface area contributed by atoms with Crippen LogP contribution < -0.4 is 10.9 Å². The summed E-state index contributed by atoms with van der Waals surface area (Å²) in [5.74, 6) is -1.39. The molecule has 0 radical (unpaired) electrons. The van der Waals surface area contributed by atoms with Crippen LogP contribution in [0, 0.1) is 0 Å². The number of para-hydroxylation sites is 1. The molecule has 8 heteroatoms. The first-order valence-corrected chi connectivity index (χ1v) is 8.04. The zero-order valence-corrected chi connectivity index (χ0v) is 13.6. The number of benzene rings is 1. The van der Waals surface area contributed by atoms with E-state index in [0.717, 1.165) is 0 Å². The van der Waals surface area contributed by atoms with Crippen LogP contribution in [0.5, 0.6) is 0 Å². The molecule has 1 aliphatic heterocycles. The van der Waals surface area contributed by atoms with E-state index in [9.17, 15) is 14.4 Å². The fourth-order valence-corrected chi connectivity index (χ4v) is 3.11. The molecule has 0 aliphatic carbocycles. The Labute approximate surface area is 143 Å². The molecule has 1 aromatic carbocycles. The molecule has 1 saturated heterocycles. The maximum absolute atomic E-state index is 12.4. The lowest BCUT2D eigenvalue weighted by Crippen LogP contribution is -2.54. The van der Waals surface area contributed by atoms with Crippen LogP contribution in [0.15, 0.2) is 35.4 Å². The molecule has 25 heavy (non-hydrogen) atoms. The zero-order valence-electron chi connectivity index (χ0n) is 13.6. The number of carbonyl (C=O) groups is 2. The maximum atomic E-state index is 12.4. The minimum Gasteiger partial charge on any atom is -0.481 e. The minimum atomic E-state index is -0.980. The quantitative estimate of drug-likeness (QED) is 0.818. The average molecular weight is 345 g/mol. The van der Waals surface area contributed by atoms with Gasteiger partial charge in [0.05, 0.1) is 29.2 Å². The summed E-state index contributed by atoms with van der Waals surface area (Å²) >= 11 is 0. The highest BCUT2D eigenvalue weighted by Crippen LogP contribution is 2.24. The van der Waals surface area contributed by atoms with Crippen LogP contribution in [0.2, 0.25) is 0 Å². The molecule has 0 saturated carbocycles. The van der Waals surface area contributed by atoms with Crippen molar-refractivity contribution in [2.24, 2.45) is 0 Å². The average Bonchev–Trinajstić information content (AvgIpc) is 2.57. The monoisotopic (exact) mass is 345 g/mol. The predicted octanol–water partition coefficient (Wildman–Crippen LogP) is 0.537. The maximum Gasteiger partial charge on any atom is 0.305 e. The van der Waals surface area contributed by atoms with Crippen molar-refractivity contribution in [2.75, 3.05) is 13.2 Å². The third-order valence-electron chi connectivity index (χ3n) is 4.39. The summed E-state index contributed by atoms with van der Waals surface area (Å²) in [6.45, 7) is 0.578. The van der Waals surface area contributed by atoms with Crippen LogP contribution in [-0.4, -0.2) is 45.3 Å². The van der Waals surface area contributed by atoms with Gasteiger partial charge >= 0.3 is 5.97 Å². The normalized spacial score (nSPS) is 16.5. The third kappa shape index (κ3) is 3.85. The van der Waals surface area contributed by atoms with Gasteiger partial charge in [-0.1, -0.05) is 12.1 Å². The topological polar surface area (TPSA) is 111 Å². The van der Waals surface area contributed by atoms with Crippen molar-refractivity contribution in [2.45, 2.75) is 31.3 Å². The van der Waals surface area contributed by atoms with Crippen molar-refractivity contribution in [3.63, 3.8) is 0 Å². The lowest BCUT2D eigenvalue weighted by molar-refractivity contribution is -0.140. The molecule has 8 nitrogen and oxygen atoms in total. The fraction of sp³-hybridized carbons (Fsp3) is 0.412. The van der Waals surface area contributed by atoms with Gasteiger partial charge in [-0.3, -0.25) is 19.0 Å². The molecular formula is C17H19N3O5. The minimum absolute atomic E-state index is 0.174. The number of aromatic nitrogens is 2. The van der Waals surface area contributed by atoms with Gasteiger partial charge in [0, 0.05) is 13.2 Å². The second-order valence-corrected chi connectivity index (χ2v) is 6.21. The number of fused-ring (bicyclic) bond motifs is 1. The SMILES string of the molecule is O=C(O)CC1(NC(=O)Cn2cnc3ccccc3c2=O)CCOCC1. The zero-order chi connectivity index (χ0) is 17.9. The number of nitrogens with one attached hydrogen (secondary N) is 1. The van der Waals surface area contributed by atoms with Gasteiger partial charge in [-0.15, -0.1) is 0 Å². The highest BCUT2D eigenvalue weighted by atomic mass is 16.5. The summed E-state index contributed by atoms with van der Waals surface area (Å²) in [6.07, 6.45) is 2.01. The highest BCUT2D eigenvalue weighted by Gasteiger charge is 2.36. The summed E-state index contributed by atoms with van der Waals surface area (Å²) in [4.78, 5) is 40.2. The van der Waals surface area contributed by atoms with Crippen molar-refractivity contribution in [3.8, 4) is 0 Å². The van der Waals surface area contributed by atoms with Crippen LogP contribution in [0.4, 0.5) is 0 Å². The number of ether oxygens (including phenoxy) is 1. The first-order chi connectivity index (χ1) is 12.0. The van der Waals surface area contributed by atoms with Gasteiger partial charge in [-0.05, 0) is 25.0 Å². The Morgan fingerprint density at radius 2 is 2.00 bits per heavy atom. The van der Waals surface area contributed by atoms with Crippen molar-refractivity contribution < 1.29 is 19.4 Å². The number of amides is 1. The Bertz CT molecular complexity index is 855. The number of carbonyl (C=O) groups excluding carboxylic acids is 1. The van der Waals surface area contributed by atoms with Gasteiger partial charge in [-0.2, -0.15) is 0 Å². The second kappa shape index (κ2) is 7.02. The van der Waals surface area contributed by atoms with Crippen LogP contribution in [-0.2, 0) is 20.9 Å². The van der Waals surface area contributed by atoms with Crippen molar-refractivity contribution in [1.29, 1.82) is 0 Å². The molecule has 0 unspecified atom stereocenters. The largest absolute Gasteiger partial charge is 0.481 e. The first kappa shape index (κ1) is 17.1. The van der Waals surface area contributed by atoms with E-state index in [-0.39, 0.29) is 18.5 Å². The van der Waals surface area contributed by atoms with E-state index in [1.165, 1.54) is 10.9 Å². The van der Waals surface area contributed by atoms with Crippen molar-refractivity contribution in [3.05, 3.63) is 40.9 Å². The van der Waals surface area contributed by atoms with Gasteiger partial charge in [0.15, 0.2) is 0 Å². The summed E-state index contributed by atoms with van der Waals surface area (Å²) < 4.78 is 6.49. The van der Waals surface area contributed by atoms with Gasteiger partial charge in [0.1, 0.15) is 6.54 Å². The highest BCUT2D eigenvalue weighted by molar-refractivity contribution is 5.80. The van der Waals surface area contributed by atoms with Crippen LogP contribution in [0.1, 0.15) is 19.3 Å². The molecule has 1 amide bonds. The molecule has 0 atom stereocenters. The smallest absolute Gasteiger partial charge is 0.305 e. The number of hydrogen-bond donors (Lipinski definition) is 2. The van der Waals surface area contributed by atoms with E-state index in [1.54, 1.807) is 24.3 Å². The molecule has 1 aliphatic rings. The Balaban J connectivity index is 1.78. The summed E-state index contributed by atoms with van der Waals surface area (Å²) in [7, 11) is 0. The van der Waals surface area contributed by atoms with Gasteiger partial charge in [0.2, 0.25) is 5.91 Å². The van der Waals surface area contributed by atoms with E-state index in [4.69, 9.17) is 9.84 Å². The van der Waals surface area contributed by atoms with Crippen LogP contribution >= 0.6 is 0 Å². The molecule has 0 spiro atoms. The molecular weight excluding hydrogens is 326 g/mol. The van der Waals surface area contributed by atoms with Crippen molar-refractivity contribution >= 4 is 22.8 Å². The third-order valence-corrected chi connectivity index (χ3v) is 4.39. The number of hydrogen-bond acceptors (Lipinski definition) is 5. The molecule has 2 aromatic rings.